The zero-order chi connectivity index (χ0) is 21.8. The zero-order valence-electron chi connectivity index (χ0n) is 18.0. The molecular weight excluding hydrogens is 415 g/mol. The first-order chi connectivity index (χ1) is 15.0. The van der Waals surface area contributed by atoms with Crippen LogP contribution in [0.1, 0.15) is 61.5 Å². The lowest BCUT2D eigenvalue weighted by molar-refractivity contribution is 0.199. The van der Waals surface area contributed by atoms with Crippen molar-refractivity contribution in [1.82, 2.24) is 0 Å². The van der Waals surface area contributed by atoms with Gasteiger partial charge in [0.2, 0.25) is 0 Å². The van der Waals surface area contributed by atoms with Gasteiger partial charge in [0.15, 0.2) is 11.1 Å². The minimum Gasteiger partial charge on any atom is -0.497 e. The SMILES string of the molecule is COc1ccc(F)c(C2CCC(COc3cccc([C@@H](CS(=O)O)C4CC4)c3)CC2)c1. The number of rotatable bonds is 9. The van der Waals surface area contributed by atoms with Crippen molar-refractivity contribution in [1.29, 1.82) is 0 Å². The monoisotopic (exact) mass is 446 g/mol. The Morgan fingerprint density at radius 1 is 1.06 bits per heavy atom. The summed E-state index contributed by atoms with van der Waals surface area (Å²) in [4.78, 5) is 0. The summed E-state index contributed by atoms with van der Waals surface area (Å²) in [5.41, 5.74) is 1.86. The summed E-state index contributed by atoms with van der Waals surface area (Å²) < 4.78 is 46.4. The van der Waals surface area contributed by atoms with E-state index in [9.17, 15) is 13.2 Å². The standard InChI is InChI=1S/C25H31FO4S/c1-29-21-11-12-25(26)23(14-21)18-7-5-17(6-8-18)15-30-22-4-2-3-20(13-22)24(16-31(27)28)19-9-10-19/h2-4,11-14,17-19,24H,5-10,15-16H2,1H3,(H,27,28)/t17?,18?,24-/m0/s1. The summed E-state index contributed by atoms with van der Waals surface area (Å²) >= 11 is -1.79. The molecule has 2 saturated carbocycles. The van der Waals surface area contributed by atoms with E-state index in [4.69, 9.17) is 9.47 Å². The van der Waals surface area contributed by atoms with Crippen LogP contribution in [0.15, 0.2) is 42.5 Å². The van der Waals surface area contributed by atoms with Crippen molar-refractivity contribution in [3.63, 3.8) is 0 Å². The Morgan fingerprint density at radius 2 is 1.84 bits per heavy atom. The molecule has 0 radical (unpaired) electrons. The summed E-state index contributed by atoms with van der Waals surface area (Å²) in [6.45, 7) is 0.650. The van der Waals surface area contributed by atoms with E-state index in [1.54, 1.807) is 13.2 Å². The molecule has 1 unspecified atom stereocenters. The van der Waals surface area contributed by atoms with Crippen LogP contribution >= 0.6 is 0 Å². The van der Waals surface area contributed by atoms with Crippen LogP contribution in [0.4, 0.5) is 4.39 Å². The number of hydrogen-bond acceptors (Lipinski definition) is 3. The second-order valence-corrected chi connectivity index (χ2v) is 9.90. The van der Waals surface area contributed by atoms with Gasteiger partial charge in [0.1, 0.15) is 17.3 Å². The molecule has 2 fully saturated rings. The number of hydrogen-bond donors (Lipinski definition) is 1. The zero-order valence-corrected chi connectivity index (χ0v) is 18.8. The highest BCUT2D eigenvalue weighted by Gasteiger charge is 2.33. The predicted octanol–water partition coefficient (Wildman–Crippen LogP) is 5.90. The highest BCUT2D eigenvalue weighted by atomic mass is 32.2. The Kier molecular flexibility index (Phi) is 7.28. The van der Waals surface area contributed by atoms with E-state index in [-0.39, 0.29) is 17.7 Å². The fourth-order valence-corrected chi connectivity index (χ4v) is 5.58. The first-order valence-electron chi connectivity index (χ1n) is 11.2. The summed E-state index contributed by atoms with van der Waals surface area (Å²) in [6.07, 6.45) is 6.17. The summed E-state index contributed by atoms with van der Waals surface area (Å²) in [5, 5.41) is 0. The summed E-state index contributed by atoms with van der Waals surface area (Å²) in [6, 6.07) is 13.0. The fraction of sp³-hybridized carbons (Fsp3) is 0.520. The minimum absolute atomic E-state index is 0.127. The summed E-state index contributed by atoms with van der Waals surface area (Å²) in [7, 11) is 1.61. The van der Waals surface area contributed by atoms with Gasteiger partial charge < -0.3 is 14.0 Å². The minimum atomic E-state index is -1.79. The van der Waals surface area contributed by atoms with Crippen LogP contribution < -0.4 is 9.47 Å². The molecule has 0 aliphatic heterocycles. The first kappa shape index (κ1) is 22.3. The van der Waals surface area contributed by atoms with Crippen molar-refractivity contribution in [3.8, 4) is 11.5 Å². The molecule has 2 aliphatic carbocycles. The van der Waals surface area contributed by atoms with Crippen molar-refractivity contribution < 1.29 is 22.6 Å². The van der Waals surface area contributed by atoms with Crippen LogP contribution in [0, 0.1) is 17.7 Å². The Labute approximate surface area is 186 Å². The molecule has 2 aliphatic rings. The Morgan fingerprint density at radius 3 is 2.52 bits per heavy atom. The smallest absolute Gasteiger partial charge is 0.153 e. The maximum absolute atomic E-state index is 14.3. The number of benzene rings is 2. The number of ether oxygens (including phenoxy) is 2. The molecule has 2 atom stereocenters. The number of halogens is 1. The van der Waals surface area contributed by atoms with Crippen molar-refractivity contribution in [2.45, 2.75) is 50.4 Å². The average molecular weight is 447 g/mol. The van der Waals surface area contributed by atoms with Gasteiger partial charge >= 0.3 is 0 Å². The molecule has 2 aromatic rings. The van der Waals surface area contributed by atoms with Gasteiger partial charge in [0.25, 0.3) is 0 Å². The molecular formula is C25H31FO4S. The van der Waals surface area contributed by atoms with Gasteiger partial charge in [-0.3, -0.25) is 0 Å². The van der Waals surface area contributed by atoms with Crippen LogP contribution in [0.25, 0.3) is 0 Å². The van der Waals surface area contributed by atoms with E-state index in [0.717, 1.165) is 55.4 Å². The van der Waals surface area contributed by atoms with Crippen molar-refractivity contribution in [3.05, 3.63) is 59.4 Å². The molecule has 6 heteroatoms. The summed E-state index contributed by atoms with van der Waals surface area (Å²) in [5.74, 6) is 3.00. The Bertz CT molecular complexity index is 906. The molecule has 2 aromatic carbocycles. The third-order valence-corrected chi connectivity index (χ3v) is 7.42. The van der Waals surface area contributed by atoms with Gasteiger partial charge in [-0.1, -0.05) is 12.1 Å². The second kappa shape index (κ2) is 10.1. The van der Waals surface area contributed by atoms with E-state index in [1.165, 1.54) is 6.07 Å². The van der Waals surface area contributed by atoms with E-state index < -0.39 is 11.1 Å². The topological polar surface area (TPSA) is 55.8 Å². The van der Waals surface area contributed by atoms with E-state index in [2.05, 4.69) is 0 Å². The van der Waals surface area contributed by atoms with Crippen molar-refractivity contribution >= 4 is 11.1 Å². The molecule has 1 N–H and O–H groups in total. The molecule has 0 aromatic heterocycles. The fourth-order valence-electron chi connectivity index (χ4n) is 4.81. The third-order valence-electron chi connectivity index (χ3n) is 6.77. The lowest BCUT2D eigenvalue weighted by Gasteiger charge is -2.29. The van der Waals surface area contributed by atoms with E-state index in [1.807, 2.05) is 30.3 Å². The highest BCUT2D eigenvalue weighted by Crippen LogP contribution is 2.44. The maximum Gasteiger partial charge on any atom is 0.153 e. The van der Waals surface area contributed by atoms with Crippen LogP contribution in [0.5, 0.6) is 11.5 Å². The van der Waals surface area contributed by atoms with Crippen molar-refractivity contribution in [2.24, 2.45) is 11.8 Å². The lowest BCUT2D eigenvalue weighted by Crippen LogP contribution is -2.20. The van der Waals surface area contributed by atoms with Crippen LogP contribution in [0.3, 0.4) is 0 Å². The third kappa shape index (κ3) is 5.86. The van der Waals surface area contributed by atoms with E-state index >= 15 is 0 Å². The second-order valence-electron chi connectivity index (χ2n) is 8.92. The van der Waals surface area contributed by atoms with Gasteiger partial charge in [0, 0.05) is 5.92 Å². The highest BCUT2D eigenvalue weighted by molar-refractivity contribution is 7.79. The molecule has 0 heterocycles. The van der Waals surface area contributed by atoms with Crippen molar-refractivity contribution in [2.75, 3.05) is 19.5 Å². The Balaban J connectivity index is 1.31. The molecule has 168 valence electrons. The van der Waals surface area contributed by atoms with Gasteiger partial charge in [0.05, 0.1) is 19.5 Å². The maximum atomic E-state index is 14.3. The molecule has 0 bridgehead atoms. The van der Waals surface area contributed by atoms with Gasteiger partial charge in [-0.2, -0.15) is 0 Å². The first-order valence-corrected chi connectivity index (χ1v) is 12.4. The van der Waals surface area contributed by atoms with Gasteiger partial charge in [-0.05, 0) is 97.7 Å². The molecule has 4 nitrogen and oxygen atoms in total. The van der Waals surface area contributed by atoms with E-state index in [0.29, 0.717) is 29.9 Å². The quantitative estimate of drug-likeness (QED) is 0.487. The van der Waals surface area contributed by atoms with Crippen LogP contribution in [0.2, 0.25) is 0 Å². The molecule has 4 rings (SSSR count). The average Bonchev–Trinajstić information content (AvgIpc) is 3.62. The lowest BCUT2D eigenvalue weighted by atomic mass is 9.79. The largest absolute Gasteiger partial charge is 0.497 e. The molecule has 0 saturated heterocycles. The van der Waals surface area contributed by atoms with Crippen LogP contribution in [-0.2, 0) is 11.1 Å². The van der Waals surface area contributed by atoms with Gasteiger partial charge in [-0.25, -0.2) is 8.60 Å². The van der Waals surface area contributed by atoms with Crippen LogP contribution in [-0.4, -0.2) is 28.2 Å². The molecule has 0 amide bonds. The number of methoxy groups -OCH3 is 1. The Hall–Kier alpha value is -1.92. The van der Waals surface area contributed by atoms with Gasteiger partial charge in [-0.15, -0.1) is 0 Å². The molecule has 0 spiro atoms. The predicted molar refractivity (Wildman–Crippen MR) is 121 cm³/mol. The molecule has 31 heavy (non-hydrogen) atoms. The normalized spacial score (nSPS) is 23.2.